The third kappa shape index (κ3) is 4.32. The largest absolute Gasteiger partial charge is 0.497 e. The van der Waals surface area contributed by atoms with Crippen LogP contribution in [0.4, 0.5) is 0 Å². The number of nitrogens with one attached hydrogen (secondary N) is 1. The Morgan fingerprint density at radius 2 is 2.00 bits per heavy atom. The Labute approximate surface area is 91.1 Å². The van der Waals surface area contributed by atoms with E-state index in [1.807, 2.05) is 31.2 Å². The smallest absolute Gasteiger partial charge is 0.118 e. The van der Waals surface area contributed by atoms with Crippen LogP contribution in [0.15, 0.2) is 24.3 Å². The first kappa shape index (κ1) is 12.0. The van der Waals surface area contributed by atoms with Gasteiger partial charge in [0.25, 0.3) is 0 Å². The lowest BCUT2D eigenvalue weighted by atomic mass is 10.1. The van der Waals surface area contributed by atoms with E-state index in [1.165, 1.54) is 0 Å². The Morgan fingerprint density at radius 3 is 2.53 bits per heavy atom. The zero-order valence-corrected chi connectivity index (χ0v) is 9.36. The summed E-state index contributed by atoms with van der Waals surface area (Å²) in [6.07, 6.45) is 0.357. The molecule has 0 aliphatic rings. The Kier molecular flexibility index (Phi) is 5.15. The highest BCUT2D eigenvalue weighted by atomic mass is 16.5. The second kappa shape index (κ2) is 6.43. The third-order valence-electron chi connectivity index (χ3n) is 2.26. The summed E-state index contributed by atoms with van der Waals surface area (Å²) in [6, 6.07) is 7.78. The zero-order chi connectivity index (χ0) is 11.1. The quantitative estimate of drug-likeness (QED) is 0.740. The van der Waals surface area contributed by atoms with Gasteiger partial charge in [-0.2, -0.15) is 0 Å². The summed E-state index contributed by atoms with van der Waals surface area (Å²) in [6.45, 7) is 3.56. The van der Waals surface area contributed by atoms with Crippen molar-refractivity contribution >= 4 is 0 Å². The summed E-state index contributed by atoms with van der Waals surface area (Å²) in [4.78, 5) is 0. The molecule has 0 aromatic heterocycles. The predicted molar refractivity (Wildman–Crippen MR) is 61.2 cm³/mol. The topological polar surface area (TPSA) is 41.5 Å². The number of aliphatic hydroxyl groups excluding tert-OH is 1. The maximum Gasteiger partial charge on any atom is 0.118 e. The summed E-state index contributed by atoms with van der Waals surface area (Å²) < 4.78 is 5.06. The molecule has 0 saturated carbocycles. The van der Waals surface area contributed by atoms with Gasteiger partial charge >= 0.3 is 0 Å². The van der Waals surface area contributed by atoms with Crippen molar-refractivity contribution in [1.82, 2.24) is 5.32 Å². The lowest BCUT2D eigenvalue weighted by Gasteiger charge is -2.11. The Bertz CT molecular complexity index is 271. The number of hydrogen-bond donors (Lipinski definition) is 2. The van der Waals surface area contributed by atoms with Crippen LogP contribution in [0.5, 0.6) is 5.75 Å². The molecular weight excluding hydrogens is 190 g/mol. The number of hydrogen-bond acceptors (Lipinski definition) is 3. The maximum absolute atomic E-state index is 9.67. The molecule has 1 aromatic rings. The molecule has 1 rings (SSSR count). The number of rotatable bonds is 6. The zero-order valence-electron chi connectivity index (χ0n) is 9.36. The normalized spacial score (nSPS) is 12.5. The molecule has 0 amide bonds. The molecular formula is C12H19NO2. The van der Waals surface area contributed by atoms with Crippen LogP contribution >= 0.6 is 0 Å². The minimum absolute atomic E-state index is 0.321. The summed E-state index contributed by atoms with van der Waals surface area (Å²) in [5.41, 5.74) is 1.13. The number of aliphatic hydroxyl groups is 1. The van der Waals surface area contributed by atoms with Crippen LogP contribution in [0.25, 0.3) is 0 Å². The van der Waals surface area contributed by atoms with Crippen molar-refractivity contribution in [2.24, 2.45) is 0 Å². The molecule has 0 aliphatic carbocycles. The molecule has 0 aliphatic heterocycles. The third-order valence-corrected chi connectivity index (χ3v) is 2.26. The van der Waals surface area contributed by atoms with Crippen molar-refractivity contribution in [3.8, 4) is 5.75 Å². The van der Waals surface area contributed by atoms with Gasteiger partial charge in [-0.1, -0.05) is 19.1 Å². The fraction of sp³-hybridized carbons (Fsp3) is 0.500. The summed E-state index contributed by atoms with van der Waals surface area (Å²) >= 11 is 0. The van der Waals surface area contributed by atoms with Gasteiger partial charge in [0.1, 0.15) is 5.75 Å². The summed E-state index contributed by atoms with van der Waals surface area (Å²) in [5.74, 6) is 0.847. The number of ether oxygens (including phenoxy) is 1. The minimum Gasteiger partial charge on any atom is -0.497 e. The minimum atomic E-state index is -0.321. The van der Waals surface area contributed by atoms with E-state index in [0.717, 1.165) is 17.9 Å². The van der Waals surface area contributed by atoms with E-state index in [9.17, 15) is 5.11 Å². The fourth-order valence-corrected chi connectivity index (χ4v) is 1.42. The van der Waals surface area contributed by atoms with Gasteiger partial charge in [0.2, 0.25) is 0 Å². The number of likely N-dealkylation sites (N-methyl/N-ethyl adjacent to an activating group) is 1. The van der Waals surface area contributed by atoms with Crippen molar-refractivity contribution in [3.63, 3.8) is 0 Å². The van der Waals surface area contributed by atoms with E-state index in [-0.39, 0.29) is 6.10 Å². The van der Waals surface area contributed by atoms with Crippen molar-refractivity contribution in [3.05, 3.63) is 29.8 Å². The first-order chi connectivity index (χ1) is 7.26. The molecule has 0 saturated heterocycles. The van der Waals surface area contributed by atoms with Gasteiger partial charge in [-0.05, 0) is 30.7 Å². The molecule has 0 heterocycles. The molecule has 15 heavy (non-hydrogen) atoms. The van der Waals surface area contributed by atoms with E-state index in [0.29, 0.717) is 13.0 Å². The van der Waals surface area contributed by atoms with Crippen LogP contribution in [0, 0.1) is 0 Å². The van der Waals surface area contributed by atoms with Crippen LogP contribution < -0.4 is 10.1 Å². The molecule has 2 N–H and O–H groups in total. The Hall–Kier alpha value is -1.06. The second-order valence-corrected chi connectivity index (χ2v) is 3.51. The maximum atomic E-state index is 9.67. The second-order valence-electron chi connectivity index (χ2n) is 3.51. The average Bonchev–Trinajstić information content (AvgIpc) is 2.27. The van der Waals surface area contributed by atoms with E-state index in [2.05, 4.69) is 5.32 Å². The lowest BCUT2D eigenvalue weighted by Crippen LogP contribution is -2.28. The Balaban J connectivity index is 2.42. The van der Waals surface area contributed by atoms with Crippen LogP contribution in [-0.4, -0.2) is 31.4 Å². The molecule has 3 nitrogen and oxygen atoms in total. The first-order valence-electron chi connectivity index (χ1n) is 5.28. The number of methoxy groups -OCH3 is 1. The average molecular weight is 209 g/mol. The van der Waals surface area contributed by atoms with Crippen LogP contribution in [0.1, 0.15) is 12.5 Å². The molecule has 3 heteroatoms. The van der Waals surface area contributed by atoms with Gasteiger partial charge in [0, 0.05) is 6.54 Å². The standard InChI is InChI=1S/C12H19NO2/c1-3-13-9-11(14)8-10-4-6-12(15-2)7-5-10/h4-7,11,13-14H,3,8-9H2,1-2H3. The highest BCUT2D eigenvalue weighted by Gasteiger charge is 2.04. The molecule has 0 radical (unpaired) electrons. The van der Waals surface area contributed by atoms with Gasteiger partial charge in [-0.3, -0.25) is 0 Å². The van der Waals surface area contributed by atoms with E-state index in [4.69, 9.17) is 4.74 Å². The number of benzene rings is 1. The molecule has 84 valence electrons. The molecule has 1 atom stereocenters. The van der Waals surface area contributed by atoms with Crippen molar-refractivity contribution in [1.29, 1.82) is 0 Å². The fourth-order valence-electron chi connectivity index (χ4n) is 1.42. The Morgan fingerprint density at radius 1 is 1.33 bits per heavy atom. The van der Waals surface area contributed by atoms with Crippen LogP contribution in [-0.2, 0) is 6.42 Å². The van der Waals surface area contributed by atoms with Crippen molar-refractivity contribution in [2.75, 3.05) is 20.2 Å². The van der Waals surface area contributed by atoms with Gasteiger partial charge in [0.15, 0.2) is 0 Å². The van der Waals surface area contributed by atoms with Crippen molar-refractivity contribution in [2.45, 2.75) is 19.4 Å². The molecule has 0 fully saturated rings. The molecule has 1 aromatic carbocycles. The monoisotopic (exact) mass is 209 g/mol. The summed E-state index contributed by atoms with van der Waals surface area (Å²) in [7, 11) is 1.65. The predicted octanol–water partition coefficient (Wildman–Crippen LogP) is 1.21. The van der Waals surface area contributed by atoms with E-state index >= 15 is 0 Å². The highest BCUT2D eigenvalue weighted by Crippen LogP contribution is 2.12. The molecule has 0 bridgehead atoms. The SMILES string of the molecule is CCNCC(O)Cc1ccc(OC)cc1. The van der Waals surface area contributed by atoms with Gasteiger partial charge in [-0.15, -0.1) is 0 Å². The summed E-state index contributed by atoms with van der Waals surface area (Å²) in [5, 5.41) is 12.8. The molecule has 0 spiro atoms. The van der Waals surface area contributed by atoms with E-state index in [1.54, 1.807) is 7.11 Å². The van der Waals surface area contributed by atoms with E-state index < -0.39 is 0 Å². The first-order valence-corrected chi connectivity index (χ1v) is 5.28. The lowest BCUT2D eigenvalue weighted by molar-refractivity contribution is 0.172. The molecule has 1 unspecified atom stereocenters. The van der Waals surface area contributed by atoms with Gasteiger partial charge < -0.3 is 15.2 Å². The van der Waals surface area contributed by atoms with Gasteiger partial charge in [0.05, 0.1) is 13.2 Å². The van der Waals surface area contributed by atoms with Gasteiger partial charge in [-0.25, -0.2) is 0 Å². The highest BCUT2D eigenvalue weighted by molar-refractivity contribution is 5.27. The van der Waals surface area contributed by atoms with Crippen molar-refractivity contribution < 1.29 is 9.84 Å². The van der Waals surface area contributed by atoms with Crippen LogP contribution in [0.2, 0.25) is 0 Å². The van der Waals surface area contributed by atoms with Crippen LogP contribution in [0.3, 0.4) is 0 Å².